The largest absolute Gasteiger partial charge is 0.386 e. The molecular weight excluding hydrogens is 290 g/mol. The molecule has 1 aromatic rings. The lowest BCUT2D eigenvalue weighted by atomic mass is 9.98. The van der Waals surface area contributed by atoms with E-state index in [1.165, 1.54) is 0 Å². The van der Waals surface area contributed by atoms with Gasteiger partial charge in [-0.25, -0.2) is 0 Å². The van der Waals surface area contributed by atoms with Gasteiger partial charge in [-0.15, -0.1) is 0 Å². The van der Waals surface area contributed by atoms with E-state index in [2.05, 4.69) is 10.3 Å². The van der Waals surface area contributed by atoms with Gasteiger partial charge >= 0.3 is 0 Å². The van der Waals surface area contributed by atoms with Crippen LogP contribution in [0.1, 0.15) is 37.6 Å². The number of aromatic amines is 1. The molecule has 0 unspecified atom stereocenters. The van der Waals surface area contributed by atoms with Crippen molar-refractivity contribution in [1.29, 1.82) is 0 Å². The number of hydrogen-bond acceptors (Lipinski definition) is 3. The molecule has 2 N–H and O–H groups in total. The molecule has 0 atom stereocenters. The van der Waals surface area contributed by atoms with Gasteiger partial charge in [0.1, 0.15) is 0 Å². The summed E-state index contributed by atoms with van der Waals surface area (Å²) in [6.07, 6.45) is 4.51. The lowest BCUT2D eigenvalue weighted by Crippen LogP contribution is -2.35. The van der Waals surface area contributed by atoms with Gasteiger partial charge in [-0.05, 0) is 44.9 Å². The molecule has 0 bridgehead atoms. The van der Waals surface area contributed by atoms with E-state index in [0.717, 1.165) is 28.0 Å². The van der Waals surface area contributed by atoms with Crippen molar-refractivity contribution in [3.8, 4) is 0 Å². The van der Waals surface area contributed by atoms with E-state index >= 15 is 0 Å². The first-order chi connectivity index (χ1) is 11.0. The Bertz CT molecular complexity index is 709. The van der Waals surface area contributed by atoms with E-state index in [1.54, 1.807) is 0 Å². The van der Waals surface area contributed by atoms with Crippen LogP contribution in [-0.4, -0.2) is 35.4 Å². The lowest BCUT2D eigenvalue weighted by molar-refractivity contribution is -0.126. The maximum Gasteiger partial charge on any atom is 0.251 e. The molecule has 0 aromatic carbocycles. The Morgan fingerprint density at radius 1 is 1.26 bits per heavy atom. The second-order valence-corrected chi connectivity index (χ2v) is 5.64. The van der Waals surface area contributed by atoms with Crippen molar-refractivity contribution in [1.82, 2.24) is 15.2 Å². The third-order valence-corrected chi connectivity index (χ3v) is 4.21. The van der Waals surface area contributed by atoms with Gasteiger partial charge in [0.05, 0.1) is 0 Å². The summed E-state index contributed by atoms with van der Waals surface area (Å²) in [6, 6.07) is 1.92. The van der Waals surface area contributed by atoms with Gasteiger partial charge in [-0.3, -0.25) is 9.59 Å². The number of aryl methyl sites for hydroxylation is 2. The zero-order valence-corrected chi connectivity index (χ0v) is 14.3. The SMILES string of the molecule is CCc1cc(C2=CNCC(C(=O)N(CC)CC)=C2)c(C)[nH]c1=O. The number of amides is 1. The first-order valence-corrected chi connectivity index (χ1v) is 8.18. The number of pyridine rings is 1. The summed E-state index contributed by atoms with van der Waals surface area (Å²) >= 11 is 0. The van der Waals surface area contributed by atoms with Gasteiger partial charge in [0.15, 0.2) is 0 Å². The molecule has 5 heteroatoms. The first-order valence-electron chi connectivity index (χ1n) is 8.18. The van der Waals surface area contributed by atoms with E-state index < -0.39 is 0 Å². The van der Waals surface area contributed by atoms with Crippen molar-refractivity contribution in [2.75, 3.05) is 19.6 Å². The summed E-state index contributed by atoms with van der Waals surface area (Å²) in [7, 11) is 0. The van der Waals surface area contributed by atoms with Crippen LogP contribution < -0.4 is 10.9 Å². The Morgan fingerprint density at radius 2 is 1.96 bits per heavy atom. The summed E-state index contributed by atoms with van der Waals surface area (Å²) in [4.78, 5) is 29.1. The third-order valence-electron chi connectivity index (χ3n) is 4.21. The molecule has 1 aliphatic rings. The minimum atomic E-state index is -0.0402. The fourth-order valence-corrected chi connectivity index (χ4v) is 2.79. The van der Waals surface area contributed by atoms with E-state index in [-0.39, 0.29) is 11.5 Å². The minimum absolute atomic E-state index is 0.0402. The topological polar surface area (TPSA) is 65.2 Å². The monoisotopic (exact) mass is 315 g/mol. The van der Waals surface area contributed by atoms with Gasteiger partial charge in [0, 0.05) is 48.2 Å². The average molecular weight is 315 g/mol. The highest BCUT2D eigenvalue weighted by Gasteiger charge is 2.19. The Hall–Kier alpha value is -2.30. The summed E-state index contributed by atoms with van der Waals surface area (Å²) in [5.74, 6) is 0.0610. The highest BCUT2D eigenvalue weighted by atomic mass is 16.2. The quantitative estimate of drug-likeness (QED) is 0.873. The summed E-state index contributed by atoms with van der Waals surface area (Å²) in [6.45, 7) is 9.73. The van der Waals surface area contributed by atoms with Gasteiger partial charge < -0.3 is 15.2 Å². The molecule has 0 fully saturated rings. The number of carbonyl (C=O) groups is 1. The molecule has 0 spiro atoms. The van der Waals surface area contributed by atoms with Crippen molar-refractivity contribution < 1.29 is 4.79 Å². The molecule has 1 amide bonds. The second-order valence-electron chi connectivity index (χ2n) is 5.64. The van der Waals surface area contributed by atoms with Gasteiger partial charge in [0.2, 0.25) is 0 Å². The molecular formula is C18H25N3O2. The number of allylic oxidation sites excluding steroid dienone is 2. The van der Waals surface area contributed by atoms with Gasteiger partial charge in [0.25, 0.3) is 11.5 Å². The number of likely N-dealkylation sites (N-methyl/N-ethyl adjacent to an activating group) is 1. The summed E-state index contributed by atoms with van der Waals surface area (Å²) < 4.78 is 0. The van der Waals surface area contributed by atoms with Crippen LogP contribution in [0.2, 0.25) is 0 Å². The molecule has 23 heavy (non-hydrogen) atoms. The van der Waals surface area contributed by atoms with Crippen LogP contribution in [-0.2, 0) is 11.2 Å². The first kappa shape index (κ1) is 17.1. The Labute approximate surface area is 137 Å². The predicted molar refractivity (Wildman–Crippen MR) is 93.2 cm³/mol. The van der Waals surface area contributed by atoms with E-state index in [1.807, 2.05) is 50.9 Å². The van der Waals surface area contributed by atoms with Crippen LogP contribution in [0.3, 0.4) is 0 Å². The van der Waals surface area contributed by atoms with Crippen molar-refractivity contribution in [2.45, 2.75) is 34.1 Å². The number of aromatic nitrogens is 1. The van der Waals surface area contributed by atoms with E-state index in [4.69, 9.17) is 0 Å². The van der Waals surface area contributed by atoms with Crippen LogP contribution >= 0.6 is 0 Å². The highest BCUT2D eigenvalue weighted by Crippen LogP contribution is 2.22. The van der Waals surface area contributed by atoms with Crippen LogP contribution in [0.5, 0.6) is 0 Å². The normalized spacial score (nSPS) is 13.9. The maximum atomic E-state index is 12.5. The summed E-state index contributed by atoms with van der Waals surface area (Å²) in [5.41, 5.74) is 4.15. The highest BCUT2D eigenvalue weighted by molar-refractivity contribution is 5.97. The molecule has 0 radical (unpaired) electrons. The predicted octanol–water partition coefficient (Wildman–Crippen LogP) is 1.98. The minimum Gasteiger partial charge on any atom is -0.386 e. The van der Waals surface area contributed by atoms with Crippen LogP contribution in [0.25, 0.3) is 5.57 Å². The zero-order valence-electron chi connectivity index (χ0n) is 14.3. The van der Waals surface area contributed by atoms with Crippen molar-refractivity contribution in [2.24, 2.45) is 0 Å². The smallest absolute Gasteiger partial charge is 0.251 e. The molecule has 124 valence electrons. The van der Waals surface area contributed by atoms with Crippen molar-refractivity contribution >= 4 is 11.5 Å². The number of rotatable bonds is 5. The average Bonchev–Trinajstić information content (AvgIpc) is 2.56. The fourth-order valence-electron chi connectivity index (χ4n) is 2.79. The van der Waals surface area contributed by atoms with Crippen molar-refractivity contribution in [3.05, 3.63) is 51.1 Å². The number of nitrogens with zero attached hydrogens (tertiary/aromatic N) is 1. The van der Waals surface area contributed by atoms with E-state index in [9.17, 15) is 9.59 Å². The van der Waals surface area contributed by atoms with Crippen LogP contribution in [0, 0.1) is 6.92 Å². The molecule has 5 nitrogen and oxygen atoms in total. The molecule has 1 aromatic heterocycles. The Balaban J connectivity index is 2.40. The lowest BCUT2D eigenvalue weighted by Gasteiger charge is -2.23. The number of H-pyrrole nitrogens is 1. The Morgan fingerprint density at radius 3 is 2.57 bits per heavy atom. The third kappa shape index (κ3) is 3.55. The number of carbonyl (C=O) groups excluding carboxylic acids is 1. The molecule has 0 aliphatic carbocycles. The summed E-state index contributed by atoms with van der Waals surface area (Å²) in [5, 5.41) is 3.18. The van der Waals surface area contributed by atoms with Gasteiger partial charge in [-0.2, -0.15) is 0 Å². The maximum absolute atomic E-state index is 12.5. The number of nitrogens with one attached hydrogen (secondary N) is 2. The number of dihydropyridines is 1. The molecule has 2 heterocycles. The molecule has 1 aliphatic heterocycles. The standard InChI is InChI=1S/C18H25N3O2/c1-5-13-9-16(12(4)20-17(13)22)14-8-15(11-19-10-14)18(23)21(6-2)7-3/h8-10,19H,5-7,11H2,1-4H3,(H,20,22). The zero-order chi connectivity index (χ0) is 17.0. The molecule has 0 saturated heterocycles. The van der Waals surface area contributed by atoms with Gasteiger partial charge in [-0.1, -0.05) is 6.92 Å². The Kier molecular flexibility index (Phi) is 5.42. The fraction of sp³-hybridized carbons (Fsp3) is 0.444. The van der Waals surface area contributed by atoms with Crippen LogP contribution in [0.15, 0.2) is 28.7 Å². The van der Waals surface area contributed by atoms with E-state index in [0.29, 0.717) is 26.1 Å². The van der Waals surface area contributed by atoms with Crippen molar-refractivity contribution in [3.63, 3.8) is 0 Å². The van der Waals surface area contributed by atoms with Crippen LogP contribution in [0.4, 0.5) is 0 Å². The molecule has 2 rings (SSSR count). The second kappa shape index (κ2) is 7.31. The number of hydrogen-bond donors (Lipinski definition) is 2. The molecule has 0 saturated carbocycles.